The van der Waals surface area contributed by atoms with E-state index in [-0.39, 0.29) is 36.9 Å². The number of amides is 2. The van der Waals surface area contributed by atoms with Crippen molar-refractivity contribution < 1.29 is 14.4 Å². The normalized spacial score (nSPS) is 12.5. The number of hydrogen-bond donors (Lipinski definition) is 2. The summed E-state index contributed by atoms with van der Waals surface area (Å²) in [6, 6.07) is 10.3. The van der Waals surface area contributed by atoms with Crippen molar-refractivity contribution in [1.29, 1.82) is 0 Å². The molecule has 0 saturated carbocycles. The van der Waals surface area contributed by atoms with Crippen LogP contribution in [0.2, 0.25) is 5.02 Å². The van der Waals surface area contributed by atoms with Gasteiger partial charge < -0.3 is 10.6 Å². The van der Waals surface area contributed by atoms with Crippen molar-refractivity contribution in [3.8, 4) is 0 Å². The number of fused-ring (bicyclic) bond motifs is 1. The van der Waals surface area contributed by atoms with Gasteiger partial charge in [0.25, 0.3) is 0 Å². The van der Waals surface area contributed by atoms with E-state index in [0.717, 1.165) is 16.8 Å². The lowest BCUT2D eigenvalue weighted by Crippen LogP contribution is -2.14. The first kappa shape index (κ1) is 17.2. The van der Waals surface area contributed by atoms with Gasteiger partial charge in [0, 0.05) is 34.8 Å². The van der Waals surface area contributed by atoms with E-state index in [9.17, 15) is 14.4 Å². The molecule has 0 spiro atoms. The van der Waals surface area contributed by atoms with Gasteiger partial charge in [0.15, 0.2) is 5.78 Å². The topological polar surface area (TPSA) is 75.3 Å². The number of ketones is 1. The molecule has 1 aliphatic rings. The van der Waals surface area contributed by atoms with Gasteiger partial charge in [-0.3, -0.25) is 14.4 Å². The summed E-state index contributed by atoms with van der Waals surface area (Å²) in [5, 5.41) is 6.12. The van der Waals surface area contributed by atoms with Gasteiger partial charge in [0.1, 0.15) is 0 Å². The predicted molar refractivity (Wildman–Crippen MR) is 97.2 cm³/mol. The Balaban J connectivity index is 1.58. The zero-order valence-corrected chi connectivity index (χ0v) is 14.4. The molecule has 2 aromatic rings. The van der Waals surface area contributed by atoms with Crippen LogP contribution in [0.4, 0.5) is 11.4 Å². The van der Waals surface area contributed by atoms with Crippen LogP contribution in [0.15, 0.2) is 36.4 Å². The highest BCUT2D eigenvalue weighted by atomic mass is 35.5. The van der Waals surface area contributed by atoms with Crippen molar-refractivity contribution in [2.45, 2.75) is 26.2 Å². The van der Waals surface area contributed by atoms with Gasteiger partial charge in [-0.05, 0) is 54.4 Å². The quantitative estimate of drug-likeness (QED) is 0.801. The summed E-state index contributed by atoms with van der Waals surface area (Å²) in [6.45, 7) is 1.85. The standard InChI is InChI=1S/C19H17ClN2O3/c1-11-8-14(20)3-5-15(11)21-18(24)7-6-17(23)12-2-4-16-13(9-12)10-19(25)22-16/h2-5,8-9H,6-7,10H2,1H3,(H,21,24)(H,22,25). The lowest BCUT2D eigenvalue weighted by molar-refractivity contribution is -0.116. The Labute approximate surface area is 150 Å². The third-order valence-corrected chi connectivity index (χ3v) is 4.33. The average Bonchev–Trinajstić information content (AvgIpc) is 2.94. The first-order valence-corrected chi connectivity index (χ1v) is 8.32. The fourth-order valence-electron chi connectivity index (χ4n) is 2.75. The first-order valence-electron chi connectivity index (χ1n) is 7.94. The van der Waals surface area contributed by atoms with E-state index in [1.807, 2.05) is 6.92 Å². The van der Waals surface area contributed by atoms with E-state index in [2.05, 4.69) is 10.6 Å². The number of nitrogens with one attached hydrogen (secondary N) is 2. The Morgan fingerprint density at radius 2 is 1.96 bits per heavy atom. The van der Waals surface area contributed by atoms with E-state index in [0.29, 0.717) is 16.3 Å². The second-order valence-corrected chi connectivity index (χ2v) is 6.46. The van der Waals surface area contributed by atoms with Crippen LogP contribution in [0.5, 0.6) is 0 Å². The number of Topliss-reactive ketones (excluding diaryl/α,β-unsaturated/α-hetero) is 1. The summed E-state index contributed by atoms with van der Waals surface area (Å²) in [5.74, 6) is -0.417. The number of carbonyl (C=O) groups is 3. The van der Waals surface area contributed by atoms with Crippen molar-refractivity contribution in [3.63, 3.8) is 0 Å². The van der Waals surface area contributed by atoms with Crippen LogP contribution < -0.4 is 10.6 Å². The van der Waals surface area contributed by atoms with Crippen molar-refractivity contribution in [2.75, 3.05) is 10.6 Å². The second kappa shape index (κ2) is 7.07. The number of halogens is 1. The van der Waals surface area contributed by atoms with Gasteiger partial charge in [0.2, 0.25) is 11.8 Å². The van der Waals surface area contributed by atoms with Crippen molar-refractivity contribution >= 4 is 40.6 Å². The zero-order chi connectivity index (χ0) is 18.0. The minimum atomic E-state index is -0.225. The van der Waals surface area contributed by atoms with Gasteiger partial charge in [-0.1, -0.05) is 11.6 Å². The summed E-state index contributed by atoms with van der Waals surface area (Å²) in [6.07, 6.45) is 0.487. The van der Waals surface area contributed by atoms with Gasteiger partial charge in [-0.2, -0.15) is 0 Å². The molecule has 6 heteroatoms. The molecule has 2 N–H and O–H groups in total. The molecule has 5 nitrogen and oxygen atoms in total. The molecule has 0 bridgehead atoms. The van der Waals surface area contributed by atoms with Gasteiger partial charge in [-0.15, -0.1) is 0 Å². The van der Waals surface area contributed by atoms with Crippen LogP contribution in [0.1, 0.15) is 34.3 Å². The van der Waals surface area contributed by atoms with Gasteiger partial charge in [-0.25, -0.2) is 0 Å². The highest BCUT2D eigenvalue weighted by Crippen LogP contribution is 2.25. The summed E-state index contributed by atoms with van der Waals surface area (Å²) < 4.78 is 0. The van der Waals surface area contributed by atoms with Gasteiger partial charge in [0.05, 0.1) is 6.42 Å². The number of benzene rings is 2. The Hall–Kier alpha value is -2.66. The SMILES string of the molecule is Cc1cc(Cl)ccc1NC(=O)CCC(=O)c1ccc2c(c1)CC(=O)N2. The largest absolute Gasteiger partial charge is 0.326 e. The number of rotatable bonds is 5. The molecule has 0 fully saturated rings. The van der Waals surface area contributed by atoms with E-state index in [1.165, 1.54) is 0 Å². The molecule has 1 aliphatic heterocycles. The molecule has 25 heavy (non-hydrogen) atoms. The molecular formula is C19H17ClN2O3. The maximum Gasteiger partial charge on any atom is 0.228 e. The van der Waals surface area contributed by atoms with Crippen LogP contribution in [-0.4, -0.2) is 17.6 Å². The lowest BCUT2D eigenvalue weighted by atomic mass is 10.0. The van der Waals surface area contributed by atoms with Crippen molar-refractivity contribution in [2.24, 2.45) is 0 Å². The summed E-state index contributed by atoms with van der Waals surface area (Å²) in [7, 11) is 0. The third-order valence-electron chi connectivity index (χ3n) is 4.09. The molecule has 0 unspecified atom stereocenters. The fraction of sp³-hybridized carbons (Fsp3) is 0.211. The maximum absolute atomic E-state index is 12.3. The molecule has 0 saturated heterocycles. The smallest absolute Gasteiger partial charge is 0.228 e. The van der Waals surface area contributed by atoms with Crippen molar-refractivity contribution in [1.82, 2.24) is 0 Å². The number of carbonyl (C=O) groups excluding carboxylic acids is 3. The molecule has 2 amide bonds. The Morgan fingerprint density at radius 3 is 2.72 bits per heavy atom. The molecule has 128 valence electrons. The summed E-state index contributed by atoms with van der Waals surface area (Å²) >= 11 is 5.89. The average molecular weight is 357 g/mol. The molecular weight excluding hydrogens is 340 g/mol. The maximum atomic E-state index is 12.3. The summed E-state index contributed by atoms with van der Waals surface area (Å²) in [4.78, 5) is 35.7. The van der Waals surface area contributed by atoms with E-state index >= 15 is 0 Å². The Morgan fingerprint density at radius 1 is 1.16 bits per heavy atom. The van der Waals surface area contributed by atoms with E-state index in [1.54, 1.807) is 36.4 Å². The molecule has 0 aromatic heterocycles. The molecule has 1 heterocycles. The van der Waals surface area contributed by atoms with Crippen molar-refractivity contribution in [3.05, 3.63) is 58.1 Å². The molecule has 2 aromatic carbocycles. The lowest BCUT2D eigenvalue weighted by Gasteiger charge is -2.09. The number of anilines is 2. The number of aryl methyl sites for hydroxylation is 1. The monoisotopic (exact) mass is 356 g/mol. The second-order valence-electron chi connectivity index (χ2n) is 6.03. The Kier molecular flexibility index (Phi) is 4.86. The Bertz CT molecular complexity index is 877. The fourth-order valence-corrected chi connectivity index (χ4v) is 2.98. The highest BCUT2D eigenvalue weighted by Gasteiger charge is 2.19. The zero-order valence-electron chi connectivity index (χ0n) is 13.7. The minimum absolute atomic E-state index is 0.0719. The van der Waals surface area contributed by atoms with Gasteiger partial charge >= 0.3 is 0 Å². The third kappa shape index (κ3) is 4.06. The number of hydrogen-bond acceptors (Lipinski definition) is 3. The predicted octanol–water partition coefficient (Wildman–Crippen LogP) is 3.74. The minimum Gasteiger partial charge on any atom is -0.326 e. The van der Waals surface area contributed by atoms with E-state index < -0.39 is 0 Å². The molecule has 3 rings (SSSR count). The van der Waals surface area contributed by atoms with Crippen LogP contribution in [0.3, 0.4) is 0 Å². The van der Waals surface area contributed by atoms with Crippen LogP contribution >= 0.6 is 11.6 Å². The van der Waals surface area contributed by atoms with Crippen LogP contribution in [0.25, 0.3) is 0 Å². The van der Waals surface area contributed by atoms with Crippen LogP contribution in [0, 0.1) is 6.92 Å². The summed E-state index contributed by atoms with van der Waals surface area (Å²) in [5.41, 5.74) is 3.63. The first-order chi connectivity index (χ1) is 11.9. The highest BCUT2D eigenvalue weighted by molar-refractivity contribution is 6.30. The van der Waals surface area contributed by atoms with Crippen LogP contribution in [-0.2, 0) is 16.0 Å². The van der Waals surface area contributed by atoms with E-state index in [4.69, 9.17) is 11.6 Å². The molecule has 0 radical (unpaired) electrons. The molecule has 0 atom stereocenters. The molecule has 0 aliphatic carbocycles.